The van der Waals surface area contributed by atoms with Gasteiger partial charge in [0.25, 0.3) is 0 Å². The van der Waals surface area contributed by atoms with Gasteiger partial charge in [-0.15, -0.1) is 0 Å². The largest absolute Gasteiger partial charge is 0.417 e. The van der Waals surface area contributed by atoms with Gasteiger partial charge in [-0.25, -0.2) is 4.79 Å². The fraction of sp³-hybridized carbons (Fsp3) is 0.529. The van der Waals surface area contributed by atoms with E-state index in [1.807, 2.05) is 0 Å². The molecule has 1 aromatic carbocycles. The fourth-order valence-electron chi connectivity index (χ4n) is 4.06. The molecule has 0 bridgehead atoms. The SMILES string of the molecule is N#Cc1ccc(N2C(=O)N[C@@H]3CC4(CC[C@H]32)OCCO4)cc1C(F)(F)F. The number of nitrogens with one attached hydrogen (secondary N) is 1. The van der Waals surface area contributed by atoms with Gasteiger partial charge in [-0.05, 0) is 24.6 Å². The summed E-state index contributed by atoms with van der Waals surface area (Å²) in [7, 11) is 0. The number of urea groups is 1. The van der Waals surface area contributed by atoms with Crippen molar-refractivity contribution in [3.63, 3.8) is 0 Å². The molecular weight excluding hydrogens is 351 g/mol. The second kappa shape index (κ2) is 5.86. The summed E-state index contributed by atoms with van der Waals surface area (Å²) in [5, 5.41) is 11.7. The molecule has 1 N–H and O–H groups in total. The van der Waals surface area contributed by atoms with Gasteiger partial charge in [-0.3, -0.25) is 4.90 Å². The van der Waals surface area contributed by atoms with Crippen LogP contribution < -0.4 is 10.2 Å². The lowest BCUT2D eigenvalue weighted by molar-refractivity contribution is -0.181. The third-order valence-corrected chi connectivity index (χ3v) is 5.20. The lowest BCUT2D eigenvalue weighted by Crippen LogP contribution is -2.49. The molecule has 0 aromatic heterocycles. The molecule has 2 saturated heterocycles. The summed E-state index contributed by atoms with van der Waals surface area (Å²) in [6, 6.07) is 3.90. The number of carbonyl (C=O) groups excluding carboxylic acids is 1. The first kappa shape index (κ1) is 17.1. The summed E-state index contributed by atoms with van der Waals surface area (Å²) < 4.78 is 51.1. The molecule has 2 aliphatic heterocycles. The van der Waals surface area contributed by atoms with Crippen LogP contribution in [0.25, 0.3) is 0 Å². The minimum absolute atomic E-state index is 0.130. The van der Waals surface area contributed by atoms with Crippen LogP contribution in [-0.2, 0) is 15.7 Å². The maximum absolute atomic E-state index is 13.2. The van der Waals surface area contributed by atoms with E-state index >= 15 is 0 Å². The number of ether oxygens (including phenoxy) is 2. The van der Waals surface area contributed by atoms with Crippen LogP contribution in [-0.4, -0.2) is 37.1 Å². The van der Waals surface area contributed by atoms with Gasteiger partial charge in [-0.1, -0.05) is 0 Å². The van der Waals surface area contributed by atoms with Crippen LogP contribution in [0, 0.1) is 11.3 Å². The Bertz CT molecular complexity index is 784. The second-order valence-corrected chi connectivity index (χ2v) is 6.68. The summed E-state index contributed by atoms with van der Waals surface area (Å²) in [6.45, 7) is 0.999. The minimum atomic E-state index is -4.67. The van der Waals surface area contributed by atoms with Gasteiger partial charge in [0, 0.05) is 18.5 Å². The van der Waals surface area contributed by atoms with Crippen molar-refractivity contribution in [2.75, 3.05) is 18.1 Å². The number of nitrogens with zero attached hydrogens (tertiary/aromatic N) is 2. The molecule has 26 heavy (non-hydrogen) atoms. The maximum atomic E-state index is 13.2. The molecule has 1 spiro atoms. The van der Waals surface area contributed by atoms with Gasteiger partial charge >= 0.3 is 12.2 Å². The van der Waals surface area contributed by atoms with E-state index in [2.05, 4.69) is 5.32 Å². The highest BCUT2D eigenvalue weighted by atomic mass is 19.4. The number of hydrogen-bond donors (Lipinski definition) is 1. The second-order valence-electron chi connectivity index (χ2n) is 6.68. The number of amides is 2. The van der Waals surface area contributed by atoms with Gasteiger partial charge in [0.2, 0.25) is 0 Å². The molecule has 1 aliphatic carbocycles. The first-order valence-electron chi connectivity index (χ1n) is 8.32. The number of rotatable bonds is 1. The van der Waals surface area contributed by atoms with E-state index in [0.717, 1.165) is 12.1 Å². The standard InChI is InChI=1S/C17H16F3N3O3/c18-17(19,20)12-7-11(2-1-10(12)9-21)23-14-3-4-16(25-5-6-26-16)8-13(14)22-15(23)24/h1-2,7,13-14H,3-6,8H2,(H,22,24)/t13-,14-/m1/s1. The zero-order chi connectivity index (χ0) is 18.5. The lowest BCUT2D eigenvalue weighted by Gasteiger charge is -2.39. The normalized spacial score (nSPS) is 27.3. The summed E-state index contributed by atoms with van der Waals surface area (Å²) in [4.78, 5) is 13.8. The van der Waals surface area contributed by atoms with Crippen LogP contribution in [0.3, 0.4) is 0 Å². The average Bonchev–Trinajstić information content (AvgIpc) is 3.17. The van der Waals surface area contributed by atoms with E-state index in [1.54, 1.807) is 6.07 Å². The van der Waals surface area contributed by atoms with Gasteiger partial charge in [0.1, 0.15) is 0 Å². The fourth-order valence-corrected chi connectivity index (χ4v) is 4.06. The van der Waals surface area contributed by atoms with Crippen LogP contribution in [0.15, 0.2) is 18.2 Å². The number of carbonyl (C=O) groups is 1. The third kappa shape index (κ3) is 2.70. The number of benzene rings is 1. The van der Waals surface area contributed by atoms with Gasteiger partial charge in [-0.2, -0.15) is 18.4 Å². The maximum Gasteiger partial charge on any atom is 0.417 e. The highest BCUT2D eigenvalue weighted by Crippen LogP contribution is 2.42. The zero-order valence-corrected chi connectivity index (χ0v) is 13.7. The Morgan fingerprint density at radius 3 is 2.69 bits per heavy atom. The molecule has 138 valence electrons. The predicted molar refractivity (Wildman–Crippen MR) is 83.2 cm³/mol. The van der Waals surface area contributed by atoms with Crippen LogP contribution in [0.1, 0.15) is 30.4 Å². The van der Waals surface area contributed by atoms with Crippen molar-refractivity contribution >= 4 is 11.7 Å². The number of hydrogen-bond acceptors (Lipinski definition) is 4. The quantitative estimate of drug-likeness (QED) is 0.828. The Kier molecular flexibility index (Phi) is 3.86. The predicted octanol–water partition coefficient (Wildman–Crippen LogP) is 2.77. The summed E-state index contributed by atoms with van der Waals surface area (Å²) in [5.41, 5.74) is -1.37. The topological polar surface area (TPSA) is 74.6 Å². The molecule has 1 aromatic rings. The number of nitriles is 1. The van der Waals surface area contributed by atoms with Gasteiger partial charge in [0.05, 0.1) is 42.5 Å². The van der Waals surface area contributed by atoms with E-state index < -0.39 is 29.1 Å². The Balaban J connectivity index is 1.64. The minimum Gasteiger partial charge on any atom is -0.347 e. The molecule has 1 saturated carbocycles. The number of anilines is 1. The van der Waals surface area contributed by atoms with Crippen LogP contribution in [0.5, 0.6) is 0 Å². The van der Waals surface area contributed by atoms with Crippen LogP contribution in [0.4, 0.5) is 23.7 Å². The molecule has 3 aliphatic rings. The zero-order valence-electron chi connectivity index (χ0n) is 13.7. The Labute approximate surface area is 147 Å². The first-order valence-corrected chi connectivity index (χ1v) is 8.32. The molecule has 0 unspecified atom stereocenters. The Hall–Kier alpha value is -2.31. The van der Waals surface area contributed by atoms with Crippen molar-refractivity contribution in [2.45, 2.75) is 43.3 Å². The molecule has 2 amide bonds. The third-order valence-electron chi connectivity index (χ3n) is 5.20. The number of fused-ring (bicyclic) bond motifs is 1. The van der Waals surface area contributed by atoms with Crippen LogP contribution in [0.2, 0.25) is 0 Å². The summed E-state index contributed by atoms with van der Waals surface area (Å²) in [5.74, 6) is -0.702. The lowest BCUT2D eigenvalue weighted by atomic mass is 9.86. The molecule has 6 nitrogen and oxygen atoms in total. The van der Waals surface area contributed by atoms with Crippen molar-refractivity contribution in [1.82, 2.24) is 5.32 Å². The average molecular weight is 367 g/mol. The Morgan fingerprint density at radius 1 is 1.31 bits per heavy atom. The molecule has 9 heteroatoms. The molecule has 2 atom stereocenters. The monoisotopic (exact) mass is 367 g/mol. The van der Waals surface area contributed by atoms with E-state index in [1.165, 1.54) is 11.0 Å². The molecule has 3 fully saturated rings. The van der Waals surface area contributed by atoms with E-state index in [-0.39, 0.29) is 17.8 Å². The van der Waals surface area contributed by atoms with Gasteiger partial charge in [0.15, 0.2) is 5.79 Å². The Morgan fingerprint density at radius 2 is 2.04 bits per heavy atom. The molecule has 2 heterocycles. The highest BCUT2D eigenvalue weighted by molar-refractivity contribution is 5.95. The number of alkyl halides is 3. The molecular formula is C17H16F3N3O3. The van der Waals surface area contributed by atoms with Gasteiger partial charge < -0.3 is 14.8 Å². The van der Waals surface area contributed by atoms with Crippen molar-refractivity contribution in [1.29, 1.82) is 5.26 Å². The van der Waals surface area contributed by atoms with Crippen molar-refractivity contribution < 1.29 is 27.4 Å². The molecule has 4 rings (SSSR count). The van der Waals surface area contributed by atoms with Crippen molar-refractivity contribution in [3.8, 4) is 6.07 Å². The highest BCUT2D eigenvalue weighted by Gasteiger charge is 2.51. The number of halogens is 3. The first-order chi connectivity index (χ1) is 12.3. The van der Waals surface area contributed by atoms with E-state index in [4.69, 9.17) is 14.7 Å². The summed E-state index contributed by atoms with van der Waals surface area (Å²) >= 11 is 0. The smallest absolute Gasteiger partial charge is 0.347 e. The van der Waals surface area contributed by atoms with Crippen molar-refractivity contribution in [2.24, 2.45) is 0 Å². The molecule has 0 radical (unpaired) electrons. The van der Waals surface area contributed by atoms with Crippen molar-refractivity contribution in [3.05, 3.63) is 29.3 Å². The summed E-state index contributed by atoms with van der Waals surface area (Å²) in [6.07, 6.45) is -3.09. The van der Waals surface area contributed by atoms with E-state index in [9.17, 15) is 18.0 Å². The van der Waals surface area contributed by atoms with E-state index in [0.29, 0.717) is 32.5 Å². The van der Waals surface area contributed by atoms with Crippen LogP contribution >= 0.6 is 0 Å².